The monoisotopic (exact) mass is 478 g/mol. The minimum atomic E-state index is 0.0868. The molecule has 2 heterocycles. The summed E-state index contributed by atoms with van der Waals surface area (Å²) in [6.45, 7) is 13.1. The fourth-order valence-electron chi connectivity index (χ4n) is 3.98. The van der Waals surface area contributed by atoms with Gasteiger partial charge in [-0.1, -0.05) is 78.0 Å². The average molecular weight is 479 g/mol. The molecule has 1 aliphatic carbocycles. The quantitative estimate of drug-likeness (QED) is 0.310. The molecule has 2 aromatic carbocycles. The first-order valence-electron chi connectivity index (χ1n) is 12.1. The Balaban J connectivity index is 1.30. The van der Waals surface area contributed by atoms with Crippen LogP contribution in [0.1, 0.15) is 70.9 Å². The van der Waals surface area contributed by atoms with Crippen LogP contribution in [-0.4, -0.2) is 20.4 Å². The molecule has 0 atom stereocenters. The number of allylic oxidation sites excluding steroid dienone is 4. The molecule has 36 heavy (non-hydrogen) atoms. The number of rotatable bonds is 4. The lowest BCUT2D eigenvalue weighted by Crippen LogP contribution is -2.10. The largest absolute Gasteiger partial charge is 0.420 e. The fraction of sp³-hybridized carbons (Fsp3) is 0.300. The maximum atomic E-state index is 6.01. The van der Waals surface area contributed by atoms with Gasteiger partial charge < -0.3 is 8.83 Å². The van der Waals surface area contributed by atoms with Gasteiger partial charge in [0.15, 0.2) is 0 Å². The first-order valence-corrected chi connectivity index (χ1v) is 12.1. The van der Waals surface area contributed by atoms with Gasteiger partial charge in [-0.15, -0.1) is 20.4 Å². The van der Waals surface area contributed by atoms with Crippen molar-refractivity contribution < 1.29 is 8.83 Å². The van der Waals surface area contributed by atoms with Gasteiger partial charge in [-0.2, -0.15) is 0 Å². The molecule has 4 aromatic rings. The molecule has 0 aliphatic heterocycles. The SMILES string of the molecule is CC(C)(C)c1ccc(-c2nnc([C]3C=C[C]=C(c4nnc(-c5ccc(C(C)(C)C)cc5)o4)C3)o2)cc1. The number of hydrogen-bond acceptors (Lipinski definition) is 6. The van der Waals surface area contributed by atoms with Gasteiger partial charge in [0, 0.05) is 16.7 Å². The van der Waals surface area contributed by atoms with Crippen LogP contribution in [0.5, 0.6) is 0 Å². The lowest BCUT2D eigenvalue weighted by molar-refractivity contribution is 0.522. The van der Waals surface area contributed by atoms with E-state index in [1.165, 1.54) is 11.1 Å². The first-order chi connectivity index (χ1) is 17.1. The Bertz CT molecular complexity index is 1410. The molecular formula is C30H30N4O2. The molecule has 1 aliphatic rings. The van der Waals surface area contributed by atoms with E-state index in [1.54, 1.807) is 0 Å². The summed E-state index contributed by atoms with van der Waals surface area (Å²) in [5.74, 6) is 2.75. The van der Waals surface area contributed by atoms with Crippen molar-refractivity contribution in [1.29, 1.82) is 0 Å². The minimum absolute atomic E-state index is 0.0868. The van der Waals surface area contributed by atoms with E-state index in [9.17, 15) is 0 Å². The summed E-state index contributed by atoms with van der Waals surface area (Å²) < 4.78 is 12.0. The Kier molecular flexibility index (Phi) is 5.99. The molecule has 6 nitrogen and oxygen atoms in total. The van der Waals surface area contributed by atoms with Crippen LogP contribution < -0.4 is 0 Å². The lowest BCUT2D eigenvalue weighted by atomic mass is 9.87. The molecule has 0 unspecified atom stereocenters. The molecule has 6 heteroatoms. The van der Waals surface area contributed by atoms with Gasteiger partial charge in [0.05, 0.1) is 5.92 Å². The van der Waals surface area contributed by atoms with Crippen molar-refractivity contribution >= 4 is 5.57 Å². The van der Waals surface area contributed by atoms with Crippen molar-refractivity contribution in [2.75, 3.05) is 0 Å². The second-order valence-electron chi connectivity index (χ2n) is 11.1. The highest BCUT2D eigenvalue weighted by Crippen LogP contribution is 2.34. The second kappa shape index (κ2) is 9.01. The number of nitrogens with zero attached hydrogens (tertiary/aromatic N) is 4. The molecule has 0 spiro atoms. The molecule has 2 aromatic heterocycles. The van der Waals surface area contributed by atoms with E-state index in [0.29, 0.717) is 30.0 Å². The Hall–Kier alpha value is -3.80. The summed E-state index contributed by atoms with van der Waals surface area (Å²) in [5, 5.41) is 17.1. The zero-order valence-corrected chi connectivity index (χ0v) is 21.6. The molecule has 0 fully saturated rings. The summed E-state index contributed by atoms with van der Waals surface area (Å²) in [6, 6.07) is 16.5. The van der Waals surface area contributed by atoms with Gasteiger partial charge in [-0.25, -0.2) is 0 Å². The molecule has 0 bridgehead atoms. The van der Waals surface area contributed by atoms with Crippen molar-refractivity contribution in [3.05, 3.63) is 95.6 Å². The zero-order chi connectivity index (χ0) is 25.5. The van der Waals surface area contributed by atoms with Crippen LogP contribution in [-0.2, 0) is 10.8 Å². The summed E-state index contributed by atoms with van der Waals surface area (Å²) in [6.07, 6.45) is 7.46. The van der Waals surface area contributed by atoms with E-state index in [2.05, 4.69) is 92.3 Å². The Morgan fingerprint density at radius 1 is 0.611 bits per heavy atom. The van der Waals surface area contributed by atoms with Crippen LogP contribution in [0.3, 0.4) is 0 Å². The predicted octanol–water partition coefficient (Wildman–Crippen LogP) is 7.15. The highest BCUT2D eigenvalue weighted by Gasteiger charge is 2.25. The first kappa shape index (κ1) is 23.9. The third-order valence-electron chi connectivity index (χ3n) is 6.29. The number of aromatic nitrogens is 4. The average Bonchev–Trinajstić information content (AvgIpc) is 3.54. The van der Waals surface area contributed by atoms with Crippen molar-refractivity contribution in [2.45, 2.75) is 58.8 Å². The van der Waals surface area contributed by atoms with Crippen molar-refractivity contribution in [1.82, 2.24) is 20.4 Å². The molecular weight excluding hydrogens is 448 g/mol. The van der Waals surface area contributed by atoms with E-state index in [1.807, 2.05) is 36.4 Å². The molecule has 2 radical (unpaired) electrons. The standard InChI is InChI=1S/C30H30N4O2/c1-29(2,3)23-14-10-19(11-15-23)25-31-33-27(35-25)21-8-7-9-22(18-21)28-34-32-26(36-28)20-12-16-24(17-13-20)30(4,5)6/h7-8,10-17H,18H2,1-6H3. The molecule has 0 saturated heterocycles. The van der Waals surface area contributed by atoms with E-state index < -0.39 is 0 Å². The Morgan fingerprint density at radius 2 is 1.06 bits per heavy atom. The summed E-state index contributed by atoms with van der Waals surface area (Å²) >= 11 is 0. The number of hydrogen-bond donors (Lipinski definition) is 0. The summed E-state index contributed by atoms with van der Waals surface area (Å²) in [7, 11) is 0. The van der Waals surface area contributed by atoms with Crippen LogP contribution in [0.2, 0.25) is 0 Å². The van der Waals surface area contributed by atoms with E-state index in [-0.39, 0.29) is 10.8 Å². The number of benzene rings is 2. The molecule has 5 rings (SSSR count). The van der Waals surface area contributed by atoms with Gasteiger partial charge in [0.1, 0.15) is 0 Å². The van der Waals surface area contributed by atoms with Crippen LogP contribution in [0.25, 0.3) is 28.5 Å². The third kappa shape index (κ3) is 4.94. The minimum Gasteiger partial charge on any atom is -0.420 e. The van der Waals surface area contributed by atoms with Crippen LogP contribution in [0, 0.1) is 12.0 Å². The van der Waals surface area contributed by atoms with Gasteiger partial charge in [-0.05, 0) is 58.7 Å². The van der Waals surface area contributed by atoms with Gasteiger partial charge >= 0.3 is 0 Å². The van der Waals surface area contributed by atoms with Crippen LogP contribution >= 0.6 is 0 Å². The molecule has 0 amide bonds. The summed E-state index contributed by atoms with van der Waals surface area (Å²) in [4.78, 5) is 0. The van der Waals surface area contributed by atoms with Gasteiger partial charge in [0.2, 0.25) is 23.6 Å². The van der Waals surface area contributed by atoms with Crippen molar-refractivity contribution in [2.24, 2.45) is 0 Å². The molecule has 182 valence electrons. The lowest BCUT2D eigenvalue weighted by Gasteiger charge is -2.18. The maximum Gasteiger partial charge on any atom is 0.248 e. The van der Waals surface area contributed by atoms with Gasteiger partial charge in [0.25, 0.3) is 0 Å². The Labute approximate surface area is 212 Å². The van der Waals surface area contributed by atoms with Crippen LogP contribution in [0.15, 0.2) is 69.5 Å². The highest BCUT2D eigenvalue weighted by molar-refractivity contribution is 5.65. The van der Waals surface area contributed by atoms with Gasteiger partial charge in [-0.3, -0.25) is 0 Å². The smallest absolute Gasteiger partial charge is 0.248 e. The topological polar surface area (TPSA) is 77.8 Å². The molecule has 0 N–H and O–H groups in total. The van der Waals surface area contributed by atoms with E-state index >= 15 is 0 Å². The van der Waals surface area contributed by atoms with Crippen molar-refractivity contribution in [3.63, 3.8) is 0 Å². The zero-order valence-electron chi connectivity index (χ0n) is 21.6. The highest BCUT2D eigenvalue weighted by atomic mass is 16.4. The third-order valence-corrected chi connectivity index (χ3v) is 6.29. The normalized spacial score (nSPS) is 14.8. The Morgan fingerprint density at radius 3 is 1.56 bits per heavy atom. The second-order valence-corrected chi connectivity index (χ2v) is 11.1. The van der Waals surface area contributed by atoms with E-state index in [4.69, 9.17) is 8.83 Å². The summed E-state index contributed by atoms with van der Waals surface area (Å²) in [5.41, 5.74) is 5.24. The predicted molar refractivity (Wildman–Crippen MR) is 140 cm³/mol. The van der Waals surface area contributed by atoms with Crippen LogP contribution in [0.4, 0.5) is 0 Å². The maximum absolute atomic E-state index is 6.01. The van der Waals surface area contributed by atoms with E-state index in [0.717, 1.165) is 22.6 Å². The van der Waals surface area contributed by atoms with Crippen molar-refractivity contribution in [3.8, 4) is 22.9 Å². The molecule has 0 saturated carbocycles. The fourth-order valence-corrected chi connectivity index (χ4v) is 3.98.